The fraction of sp³-hybridized carbons (Fsp3) is 0.556. The number of amides is 1. The molecule has 3 atom stereocenters. The van der Waals surface area contributed by atoms with Gasteiger partial charge in [0.25, 0.3) is 0 Å². The van der Waals surface area contributed by atoms with Crippen LogP contribution in [0.3, 0.4) is 0 Å². The molecule has 5 heteroatoms. The van der Waals surface area contributed by atoms with Crippen molar-refractivity contribution >= 4 is 33.5 Å². The molecule has 2 N–H and O–H groups in total. The predicted molar refractivity (Wildman–Crippen MR) is 92.1 cm³/mol. The van der Waals surface area contributed by atoms with Crippen molar-refractivity contribution in [2.45, 2.75) is 39.0 Å². The van der Waals surface area contributed by atoms with Crippen molar-refractivity contribution in [1.29, 1.82) is 0 Å². The Morgan fingerprint density at radius 2 is 1.87 bits per heavy atom. The Hall–Kier alpha value is -1.36. The summed E-state index contributed by atoms with van der Waals surface area (Å²) in [6.07, 6.45) is 4.66. The molecule has 1 amide bonds. The molecule has 0 aliphatic heterocycles. The normalized spacial score (nSPS) is 28.9. The van der Waals surface area contributed by atoms with Gasteiger partial charge in [-0.2, -0.15) is 0 Å². The smallest absolute Gasteiger partial charge is 0.307 e. The van der Waals surface area contributed by atoms with Crippen LogP contribution < -0.4 is 5.32 Å². The molecule has 2 saturated carbocycles. The number of carboxylic acid groups (broad SMARTS) is 1. The zero-order valence-corrected chi connectivity index (χ0v) is 14.8. The maximum atomic E-state index is 12.9. The van der Waals surface area contributed by atoms with Crippen LogP contribution in [-0.2, 0) is 9.59 Å². The topological polar surface area (TPSA) is 66.4 Å². The van der Waals surface area contributed by atoms with Crippen LogP contribution in [0.5, 0.6) is 0 Å². The van der Waals surface area contributed by atoms with Crippen molar-refractivity contribution in [3.05, 3.63) is 28.7 Å². The summed E-state index contributed by atoms with van der Waals surface area (Å²) in [5.41, 5.74) is 0.864. The molecule has 2 aliphatic carbocycles. The average Bonchev–Trinajstić information content (AvgIpc) is 3.27. The van der Waals surface area contributed by atoms with E-state index >= 15 is 0 Å². The lowest BCUT2D eigenvalue weighted by atomic mass is 9.65. The molecule has 0 heterocycles. The molecule has 3 unspecified atom stereocenters. The molecule has 1 aromatic carbocycles. The zero-order valence-electron chi connectivity index (χ0n) is 13.2. The summed E-state index contributed by atoms with van der Waals surface area (Å²) in [4.78, 5) is 24.5. The minimum absolute atomic E-state index is 0.141. The molecule has 0 spiro atoms. The quantitative estimate of drug-likeness (QED) is 0.818. The first-order valence-electron chi connectivity index (χ1n) is 8.20. The molecule has 0 aromatic heterocycles. The summed E-state index contributed by atoms with van der Waals surface area (Å²) in [7, 11) is 0. The van der Waals surface area contributed by atoms with E-state index in [2.05, 4.69) is 28.2 Å². The van der Waals surface area contributed by atoms with Crippen molar-refractivity contribution in [2.75, 3.05) is 5.32 Å². The highest BCUT2D eigenvalue weighted by Crippen LogP contribution is 2.58. The van der Waals surface area contributed by atoms with Gasteiger partial charge in [0, 0.05) is 10.2 Å². The van der Waals surface area contributed by atoms with Crippen LogP contribution in [0, 0.1) is 23.2 Å². The second kappa shape index (κ2) is 6.27. The van der Waals surface area contributed by atoms with Crippen molar-refractivity contribution in [3.63, 3.8) is 0 Å². The third kappa shape index (κ3) is 3.44. The van der Waals surface area contributed by atoms with Gasteiger partial charge in [-0.15, -0.1) is 0 Å². The number of benzene rings is 1. The van der Waals surface area contributed by atoms with E-state index in [1.54, 1.807) is 0 Å². The largest absolute Gasteiger partial charge is 0.481 e. The molecular formula is C18H22BrNO3. The van der Waals surface area contributed by atoms with E-state index in [4.69, 9.17) is 0 Å². The first-order chi connectivity index (χ1) is 10.9. The monoisotopic (exact) mass is 379 g/mol. The van der Waals surface area contributed by atoms with Gasteiger partial charge in [-0.25, -0.2) is 0 Å². The number of carbonyl (C=O) groups is 2. The summed E-state index contributed by atoms with van der Waals surface area (Å²) < 4.78 is 0.944. The molecular weight excluding hydrogens is 358 g/mol. The number of aliphatic carboxylic acids is 1. The van der Waals surface area contributed by atoms with Gasteiger partial charge in [-0.05, 0) is 61.3 Å². The fourth-order valence-electron chi connectivity index (χ4n) is 3.95. The molecule has 0 radical (unpaired) electrons. The van der Waals surface area contributed by atoms with Gasteiger partial charge in [0.05, 0.1) is 11.8 Å². The Morgan fingerprint density at radius 1 is 1.22 bits per heavy atom. The molecule has 0 bridgehead atoms. The highest BCUT2D eigenvalue weighted by atomic mass is 79.9. The summed E-state index contributed by atoms with van der Waals surface area (Å²) in [6.45, 7) is 2.20. The maximum absolute atomic E-state index is 12.9. The summed E-state index contributed by atoms with van der Waals surface area (Å²) in [5.74, 6) is -1.81. The number of hydrogen-bond donors (Lipinski definition) is 2. The van der Waals surface area contributed by atoms with E-state index in [0.29, 0.717) is 12.1 Å². The van der Waals surface area contributed by atoms with Gasteiger partial charge in [0.15, 0.2) is 0 Å². The Kier molecular flexibility index (Phi) is 4.50. The van der Waals surface area contributed by atoms with Crippen LogP contribution in [0.4, 0.5) is 5.69 Å². The summed E-state index contributed by atoms with van der Waals surface area (Å²) >= 11 is 3.37. The van der Waals surface area contributed by atoms with Crippen molar-refractivity contribution in [3.8, 4) is 0 Å². The SMILES string of the molecule is CC1(C2CCCC(C(=O)O)C2C(=O)Nc2ccc(Br)cc2)CC1. The lowest BCUT2D eigenvalue weighted by molar-refractivity contribution is -0.150. The van der Waals surface area contributed by atoms with E-state index in [9.17, 15) is 14.7 Å². The number of nitrogens with one attached hydrogen (secondary N) is 1. The third-order valence-corrected chi connectivity index (χ3v) is 6.09. The fourth-order valence-corrected chi connectivity index (χ4v) is 4.21. The predicted octanol–water partition coefficient (Wildman–Crippen LogP) is 4.30. The van der Waals surface area contributed by atoms with E-state index in [1.165, 1.54) is 0 Å². The van der Waals surface area contributed by atoms with E-state index in [-0.39, 0.29) is 17.2 Å². The van der Waals surface area contributed by atoms with Crippen LogP contribution >= 0.6 is 15.9 Å². The number of halogens is 1. The first-order valence-corrected chi connectivity index (χ1v) is 8.99. The van der Waals surface area contributed by atoms with E-state index in [1.807, 2.05) is 24.3 Å². The molecule has 0 saturated heterocycles. The average molecular weight is 380 g/mol. The van der Waals surface area contributed by atoms with E-state index < -0.39 is 17.8 Å². The van der Waals surface area contributed by atoms with Gasteiger partial charge in [0.1, 0.15) is 0 Å². The van der Waals surface area contributed by atoms with Gasteiger partial charge < -0.3 is 10.4 Å². The Bertz CT molecular complexity index is 609. The highest BCUT2D eigenvalue weighted by Gasteiger charge is 2.54. The molecule has 124 valence electrons. The minimum Gasteiger partial charge on any atom is -0.481 e. The molecule has 23 heavy (non-hydrogen) atoms. The van der Waals surface area contributed by atoms with Crippen LogP contribution in [0.2, 0.25) is 0 Å². The summed E-state index contributed by atoms with van der Waals surface area (Å²) in [6, 6.07) is 7.39. The van der Waals surface area contributed by atoms with Gasteiger partial charge >= 0.3 is 5.97 Å². The molecule has 3 rings (SSSR count). The van der Waals surface area contributed by atoms with Crippen molar-refractivity contribution in [2.24, 2.45) is 23.2 Å². The van der Waals surface area contributed by atoms with Crippen LogP contribution in [0.25, 0.3) is 0 Å². The molecule has 4 nitrogen and oxygen atoms in total. The van der Waals surface area contributed by atoms with Gasteiger partial charge in [-0.3, -0.25) is 9.59 Å². The number of anilines is 1. The minimum atomic E-state index is -0.838. The number of hydrogen-bond acceptors (Lipinski definition) is 2. The maximum Gasteiger partial charge on any atom is 0.307 e. The molecule has 2 aliphatic rings. The first kappa shape index (κ1) is 16.5. The van der Waals surface area contributed by atoms with E-state index in [0.717, 1.165) is 30.2 Å². The Labute approximate surface area is 144 Å². The van der Waals surface area contributed by atoms with Crippen LogP contribution in [-0.4, -0.2) is 17.0 Å². The lowest BCUT2D eigenvalue weighted by Gasteiger charge is -2.38. The zero-order chi connectivity index (χ0) is 16.6. The standard InChI is InChI=1S/C18H22BrNO3/c1-18(9-10-18)14-4-2-3-13(17(22)23)15(14)16(21)20-12-7-5-11(19)6-8-12/h5-8,13-15H,2-4,9-10H2,1H3,(H,20,21)(H,22,23). The molecule has 2 fully saturated rings. The van der Waals surface area contributed by atoms with Crippen LogP contribution in [0.15, 0.2) is 28.7 Å². The molecule has 1 aromatic rings. The summed E-state index contributed by atoms with van der Waals surface area (Å²) in [5, 5.41) is 12.5. The van der Waals surface area contributed by atoms with Crippen molar-refractivity contribution in [1.82, 2.24) is 0 Å². The van der Waals surface area contributed by atoms with Gasteiger partial charge in [-0.1, -0.05) is 29.3 Å². The number of rotatable bonds is 4. The second-order valence-corrected chi connectivity index (χ2v) is 8.07. The highest BCUT2D eigenvalue weighted by molar-refractivity contribution is 9.10. The second-order valence-electron chi connectivity index (χ2n) is 7.16. The Balaban J connectivity index is 1.82. The van der Waals surface area contributed by atoms with Gasteiger partial charge in [0.2, 0.25) is 5.91 Å². The van der Waals surface area contributed by atoms with Crippen LogP contribution in [0.1, 0.15) is 39.0 Å². The third-order valence-electron chi connectivity index (χ3n) is 5.56. The number of carbonyl (C=O) groups excluding carboxylic acids is 1. The number of carboxylic acids is 1. The Morgan fingerprint density at radius 3 is 2.43 bits per heavy atom. The van der Waals surface area contributed by atoms with Crippen molar-refractivity contribution < 1.29 is 14.7 Å². The lowest BCUT2D eigenvalue weighted by Crippen LogP contribution is -2.44.